The molecule has 1 rings (SSSR count). The number of hydrogen-bond acceptors (Lipinski definition) is 2. The number of carbonyl (C=O) groups is 1. The Balaban J connectivity index is 2.37. The molecule has 0 unspecified atom stereocenters. The average molecular weight is 178 g/mol. The van der Waals surface area contributed by atoms with E-state index in [1.54, 1.807) is 12.1 Å². The molecule has 13 heavy (non-hydrogen) atoms. The molecule has 0 aliphatic heterocycles. The molecule has 1 aromatic carbocycles. The van der Waals surface area contributed by atoms with Gasteiger partial charge in [-0.1, -0.05) is 18.2 Å². The Kier molecular flexibility index (Phi) is 3.78. The van der Waals surface area contributed by atoms with Crippen LogP contribution in [0.15, 0.2) is 30.3 Å². The maximum atomic E-state index is 11.0. The van der Waals surface area contributed by atoms with E-state index in [0.29, 0.717) is 5.69 Å². The van der Waals surface area contributed by atoms with Gasteiger partial charge in [-0.15, -0.1) is 0 Å². The lowest BCUT2D eigenvalue weighted by atomic mass is 10.3. The van der Waals surface area contributed by atoms with Crippen LogP contribution in [0.4, 0.5) is 10.5 Å². The van der Waals surface area contributed by atoms with Gasteiger partial charge in [-0.2, -0.15) is 5.32 Å². The second-order valence-electron chi connectivity index (χ2n) is 2.31. The third-order valence-corrected chi connectivity index (χ3v) is 1.31. The fourth-order valence-electron chi connectivity index (χ4n) is 0.768. The Morgan fingerprint density at radius 3 is 2.69 bits per heavy atom. The maximum Gasteiger partial charge on any atom is 0.365 e. The first-order chi connectivity index (χ1) is 6.33. The van der Waals surface area contributed by atoms with E-state index in [9.17, 15) is 4.79 Å². The van der Waals surface area contributed by atoms with Crippen LogP contribution >= 0.6 is 0 Å². The fraction of sp³-hybridized carbons (Fsp3) is 0.222. The zero-order chi connectivity index (χ0) is 9.52. The normalized spacial score (nSPS) is 9.31. The molecule has 1 aromatic rings. The number of rotatable bonds is 3. The van der Waals surface area contributed by atoms with Crippen LogP contribution in [0.25, 0.3) is 0 Å². The lowest BCUT2D eigenvalue weighted by Crippen LogP contribution is -2.22. The highest BCUT2D eigenvalue weighted by molar-refractivity contribution is 5.78. The number of carbonyl (C=O) groups excluding carboxylic acids is 1. The van der Waals surface area contributed by atoms with E-state index in [0.717, 1.165) is 0 Å². The first kappa shape index (κ1) is 9.54. The van der Waals surface area contributed by atoms with Crippen molar-refractivity contribution in [2.45, 2.75) is 0 Å². The predicted octanol–water partition coefficient (Wildman–Crippen LogP) is 1.25. The Hall–Kier alpha value is -1.55. The summed E-state index contributed by atoms with van der Waals surface area (Å²) < 4.78 is 4.60. The summed E-state index contributed by atoms with van der Waals surface area (Å²) in [6, 6.07) is 8.43. The summed E-state index contributed by atoms with van der Waals surface area (Å²) in [6.07, 6.45) is 0. The van der Waals surface area contributed by atoms with Crippen molar-refractivity contribution in [3.05, 3.63) is 30.3 Å². The summed E-state index contributed by atoms with van der Waals surface area (Å²) in [5, 5.41) is 7.22. The number of nitrogens with zero attached hydrogens (tertiary/aromatic N) is 2. The number of urea groups is 1. The Morgan fingerprint density at radius 2 is 2.08 bits per heavy atom. The van der Waals surface area contributed by atoms with Crippen molar-refractivity contribution in [2.24, 2.45) is 0 Å². The molecule has 0 atom stereocenters. The van der Waals surface area contributed by atoms with E-state index in [2.05, 4.69) is 15.4 Å². The summed E-state index contributed by atoms with van der Waals surface area (Å²) in [7, 11) is 1.47. The maximum absolute atomic E-state index is 11.0. The number of amides is 2. The molecular weight excluding hydrogens is 168 g/mol. The summed E-state index contributed by atoms with van der Waals surface area (Å²) in [5.74, 6) is 0. The SMILES string of the molecule is COC[N]C(=O)[N]c1ccccc1. The van der Waals surface area contributed by atoms with Crippen LogP contribution < -0.4 is 10.6 Å². The van der Waals surface area contributed by atoms with Gasteiger partial charge in [0.15, 0.2) is 0 Å². The standard InChI is InChI=1S/C9H10N2O2/c1-13-7-10-9(12)11-8-5-3-2-4-6-8/h2-6H,7H2,1H3. The minimum atomic E-state index is -0.520. The van der Waals surface area contributed by atoms with Crippen molar-refractivity contribution < 1.29 is 9.53 Å². The predicted molar refractivity (Wildman–Crippen MR) is 47.6 cm³/mol. The molecule has 4 nitrogen and oxygen atoms in total. The Bertz CT molecular complexity index is 262. The van der Waals surface area contributed by atoms with Gasteiger partial charge in [0.05, 0.1) is 5.69 Å². The molecule has 4 heteroatoms. The lowest BCUT2D eigenvalue weighted by Gasteiger charge is -2.00. The molecule has 68 valence electrons. The minimum Gasteiger partial charge on any atom is -0.362 e. The van der Waals surface area contributed by atoms with Crippen LogP contribution in [0, 0.1) is 0 Å². The van der Waals surface area contributed by atoms with E-state index in [4.69, 9.17) is 0 Å². The van der Waals surface area contributed by atoms with Crippen molar-refractivity contribution in [2.75, 3.05) is 13.8 Å². The molecule has 0 saturated carbocycles. The summed E-state index contributed by atoms with van der Waals surface area (Å²) >= 11 is 0. The number of para-hydroxylation sites is 1. The van der Waals surface area contributed by atoms with E-state index in [1.165, 1.54) is 7.11 Å². The zero-order valence-electron chi connectivity index (χ0n) is 7.30. The van der Waals surface area contributed by atoms with Gasteiger partial charge in [0.2, 0.25) is 0 Å². The van der Waals surface area contributed by atoms with Crippen molar-refractivity contribution in [1.29, 1.82) is 0 Å². The highest BCUT2D eigenvalue weighted by atomic mass is 16.5. The fourth-order valence-corrected chi connectivity index (χ4v) is 0.768. The third-order valence-electron chi connectivity index (χ3n) is 1.31. The molecular formula is C9H10N2O2. The van der Waals surface area contributed by atoms with Gasteiger partial charge in [0.25, 0.3) is 0 Å². The number of ether oxygens (including phenoxy) is 1. The Labute approximate surface area is 76.9 Å². The van der Waals surface area contributed by atoms with Crippen LogP contribution in [-0.2, 0) is 4.74 Å². The van der Waals surface area contributed by atoms with E-state index < -0.39 is 6.03 Å². The monoisotopic (exact) mass is 178 g/mol. The molecule has 0 aromatic heterocycles. The van der Waals surface area contributed by atoms with Gasteiger partial charge in [-0.25, -0.2) is 10.1 Å². The van der Waals surface area contributed by atoms with Crippen molar-refractivity contribution >= 4 is 11.7 Å². The van der Waals surface area contributed by atoms with Gasteiger partial charge < -0.3 is 4.74 Å². The van der Waals surface area contributed by atoms with Gasteiger partial charge in [-0.05, 0) is 12.1 Å². The molecule has 0 saturated heterocycles. The summed E-state index contributed by atoms with van der Waals surface area (Å²) in [5.41, 5.74) is 0.604. The van der Waals surface area contributed by atoms with Gasteiger partial charge in [0, 0.05) is 7.11 Å². The minimum absolute atomic E-state index is 0.0508. The van der Waals surface area contributed by atoms with E-state index >= 15 is 0 Å². The number of hydrogen-bond donors (Lipinski definition) is 0. The molecule has 0 spiro atoms. The average Bonchev–Trinajstić information content (AvgIpc) is 2.16. The summed E-state index contributed by atoms with van der Waals surface area (Å²) in [6.45, 7) is 0.0508. The van der Waals surface area contributed by atoms with Crippen molar-refractivity contribution in [1.82, 2.24) is 10.6 Å². The molecule has 0 N–H and O–H groups in total. The van der Waals surface area contributed by atoms with Crippen molar-refractivity contribution in [3.8, 4) is 0 Å². The Morgan fingerprint density at radius 1 is 1.38 bits per heavy atom. The van der Waals surface area contributed by atoms with Crippen LogP contribution in [0.2, 0.25) is 0 Å². The van der Waals surface area contributed by atoms with Gasteiger partial charge >= 0.3 is 6.03 Å². The van der Waals surface area contributed by atoms with Crippen LogP contribution in [0.3, 0.4) is 0 Å². The van der Waals surface area contributed by atoms with Gasteiger partial charge in [-0.3, -0.25) is 0 Å². The summed E-state index contributed by atoms with van der Waals surface area (Å²) in [4.78, 5) is 11.0. The third kappa shape index (κ3) is 3.57. The molecule has 2 radical (unpaired) electrons. The molecule has 0 aliphatic carbocycles. The second-order valence-corrected chi connectivity index (χ2v) is 2.31. The van der Waals surface area contributed by atoms with E-state index in [1.807, 2.05) is 18.2 Å². The number of methoxy groups -OCH3 is 1. The number of benzene rings is 1. The van der Waals surface area contributed by atoms with Crippen LogP contribution in [0.5, 0.6) is 0 Å². The smallest absolute Gasteiger partial charge is 0.362 e. The highest BCUT2D eigenvalue weighted by Crippen LogP contribution is 2.04. The topological polar surface area (TPSA) is 54.5 Å². The second kappa shape index (κ2) is 5.16. The quantitative estimate of drug-likeness (QED) is 0.699. The molecule has 2 amide bonds. The molecule has 0 heterocycles. The molecule has 0 aliphatic rings. The highest BCUT2D eigenvalue weighted by Gasteiger charge is 2.03. The lowest BCUT2D eigenvalue weighted by molar-refractivity contribution is 0.171. The zero-order valence-corrected chi connectivity index (χ0v) is 7.30. The first-order valence-electron chi connectivity index (χ1n) is 3.80. The van der Waals surface area contributed by atoms with E-state index in [-0.39, 0.29) is 6.73 Å². The largest absolute Gasteiger partial charge is 0.365 e. The first-order valence-corrected chi connectivity index (χ1v) is 3.80. The van der Waals surface area contributed by atoms with Crippen LogP contribution in [0.1, 0.15) is 0 Å². The molecule has 0 fully saturated rings. The molecule has 0 bridgehead atoms. The van der Waals surface area contributed by atoms with Crippen molar-refractivity contribution in [3.63, 3.8) is 0 Å². The van der Waals surface area contributed by atoms with Gasteiger partial charge in [0.1, 0.15) is 6.73 Å². The van der Waals surface area contributed by atoms with Crippen LogP contribution in [-0.4, -0.2) is 19.9 Å².